The SMILES string of the molecule is COc1ccc(F)c(-c2ccc(Cl)cc2C(O)C(C)(C)CO)c1. The number of halogens is 2. The normalized spacial score (nSPS) is 13.0. The standard InChI is InChI=1S/C18H20ClFO3/c1-18(2,10-21)17(22)15-8-11(19)4-6-13(15)14-9-12(23-3)5-7-16(14)20/h4-9,17,21-22H,10H2,1-3H3. The Kier molecular flexibility index (Phi) is 5.30. The van der Waals surface area contributed by atoms with Crippen molar-refractivity contribution in [1.29, 1.82) is 0 Å². The highest BCUT2D eigenvalue weighted by molar-refractivity contribution is 6.30. The van der Waals surface area contributed by atoms with Crippen LogP contribution >= 0.6 is 11.6 Å². The van der Waals surface area contributed by atoms with Crippen LogP contribution in [0.5, 0.6) is 5.75 Å². The van der Waals surface area contributed by atoms with Gasteiger partial charge in [0, 0.05) is 16.0 Å². The summed E-state index contributed by atoms with van der Waals surface area (Å²) in [5.41, 5.74) is 0.488. The molecule has 2 N–H and O–H groups in total. The second kappa shape index (κ2) is 6.87. The number of benzene rings is 2. The molecule has 23 heavy (non-hydrogen) atoms. The lowest BCUT2D eigenvalue weighted by Crippen LogP contribution is -2.26. The van der Waals surface area contributed by atoms with E-state index in [0.29, 0.717) is 27.5 Å². The van der Waals surface area contributed by atoms with Crippen molar-refractivity contribution < 1.29 is 19.3 Å². The molecule has 1 atom stereocenters. The van der Waals surface area contributed by atoms with Crippen molar-refractivity contribution in [3.63, 3.8) is 0 Å². The van der Waals surface area contributed by atoms with Crippen molar-refractivity contribution in [2.24, 2.45) is 5.41 Å². The summed E-state index contributed by atoms with van der Waals surface area (Å²) >= 11 is 6.05. The van der Waals surface area contributed by atoms with E-state index < -0.39 is 17.3 Å². The van der Waals surface area contributed by atoms with Crippen LogP contribution in [0.2, 0.25) is 5.02 Å². The molecule has 0 spiro atoms. The molecule has 0 aromatic heterocycles. The molecule has 0 aliphatic rings. The van der Waals surface area contributed by atoms with Gasteiger partial charge in [-0.25, -0.2) is 4.39 Å². The second-order valence-corrected chi connectivity index (χ2v) is 6.56. The summed E-state index contributed by atoms with van der Waals surface area (Å²) in [7, 11) is 1.50. The van der Waals surface area contributed by atoms with Crippen molar-refractivity contribution in [2.45, 2.75) is 20.0 Å². The molecule has 0 fully saturated rings. The summed E-state index contributed by atoms with van der Waals surface area (Å²) in [4.78, 5) is 0. The molecular formula is C18H20ClFO3. The number of rotatable bonds is 5. The van der Waals surface area contributed by atoms with Crippen LogP contribution in [-0.4, -0.2) is 23.9 Å². The van der Waals surface area contributed by atoms with Gasteiger partial charge in [-0.2, -0.15) is 0 Å². The van der Waals surface area contributed by atoms with Gasteiger partial charge in [-0.3, -0.25) is 0 Å². The van der Waals surface area contributed by atoms with Crippen LogP contribution in [-0.2, 0) is 0 Å². The molecule has 0 aliphatic heterocycles. The van der Waals surface area contributed by atoms with E-state index in [1.807, 2.05) is 0 Å². The molecule has 1 unspecified atom stereocenters. The Morgan fingerprint density at radius 2 is 1.87 bits per heavy atom. The summed E-state index contributed by atoms with van der Waals surface area (Å²) in [5.74, 6) is 0.0848. The average Bonchev–Trinajstić information content (AvgIpc) is 2.54. The average molecular weight is 339 g/mol. The van der Waals surface area contributed by atoms with Gasteiger partial charge in [-0.1, -0.05) is 31.5 Å². The zero-order valence-electron chi connectivity index (χ0n) is 13.3. The summed E-state index contributed by atoms with van der Waals surface area (Å²) in [5, 5.41) is 20.6. The summed E-state index contributed by atoms with van der Waals surface area (Å²) in [6.45, 7) is 3.23. The largest absolute Gasteiger partial charge is 0.497 e. The van der Waals surface area contributed by atoms with E-state index in [9.17, 15) is 14.6 Å². The van der Waals surface area contributed by atoms with E-state index in [-0.39, 0.29) is 6.61 Å². The van der Waals surface area contributed by atoms with Gasteiger partial charge in [0.1, 0.15) is 11.6 Å². The smallest absolute Gasteiger partial charge is 0.131 e. The Hall–Kier alpha value is -1.62. The maximum Gasteiger partial charge on any atom is 0.131 e. The van der Waals surface area contributed by atoms with Crippen LogP contribution in [0.15, 0.2) is 36.4 Å². The number of aliphatic hydroxyl groups is 2. The summed E-state index contributed by atoms with van der Waals surface area (Å²) < 4.78 is 19.4. The highest BCUT2D eigenvalue weighted by Gasteiger charge is 2.31. The molecule has 2 rings (SSSR count). The molecule has 0 saturated heterocycles. The number of hydrogen-bond acceptors (Lipinski definition) is 3. The zero-order valence-corrected chi connectivity index (χ0v) is 14.1. The molecule has 2 aromatic rings. The maximum absolute atomic E-state index is 14.3. The fourth-order valence-corrected chi connectivity index (χ4v) is 2.53. The van der Waals surface area contributed by atoms with Crippen LogP contribution in [0, 0.1) is 11.2 Å². The minimum Gasteiger partial charge on any atom is -0.497 e. The number of aliphatic hydroxyl groups excluding tert-OH is 2. The lowest BCUT2D eigenvalue weighted by Gasteiger charge is -2.30. The van der Waals surface area contributed by atoms with Gasteiger partial charge >= 0.3 is 0 Å². The van der Waals surface area contributed by atoms with Crippen molar-refractivity contribution in [2.75, 3.05) is 13.7 Å². The first-order valence-corrected chi connectivity index (χ1v) is 7.60. The first kappa shape index (κ1) is 17.7. The number of hydrogen-bond donors (Lipinski definition) is 2. The minimum absolute atomic E-state index is 0.222. The fraction of sp³-hybridized carbons (Fsp3) is 0.333. The Labute approximate surface area is 140 Å². The van der Waals surface area contributed by atoms with Crippen molar-refractivity contribution in [3.8, 4) is 16.9 Å². The Bertz CT molecular complexity index is 701. The lowest BCUT2D eigenvalue weighted by molar-refractivity contribution is 0.00673. The van der Waals surface area contributed by atoms with Gasteiger partial charge in [0.15, 0.2) is 0 Å². The fourth-order valence-electron chi connectivity index (χ4n) is 2.35. The van der Waals surface area contributed by atoms with Crippen molar-refractivity contribution in [1.82, 2.24) is 0 Å². The van der Waals surface area contributed by atoms with Crippen molar-refractivity contribution in [3.05, 3.63) is 52.8 Å². The van der Waals surface area contributed by atoms with E-state index in [2.05, 4.69) is 0 Å². The molecule has 0 aliphatic carbocycles. The third-order valence-electron chi connectivity index (χ3n) is 3.92. The van der Waals surface area contributed by atoms with Gasteiger partial charge in [0.25, 0.3) is 0 Å². The van der Waals surface area contributed by atoms with Gasteiger partial charge in [-0.15, -0.1) is 0 Å². The van der Waals surface area contributed by atoms with Crippen LogP contribution in [0.1, 0.15) is 25.5 Å². The first-order valence-electron chi connectivity index (χ1n) is 7.22. The molecule has 124 valence electrons. The molecule has 5 heteroatoms. The molecule has 0 heterocycles. The third-order valence-corrected chi connectivity index (χ3v) is 4.15. The van der Waals surface area contributed by atoms with E-state index in [1.165, 1.54) is 19.2 Å². The minimum atomic E-state index is -1.01. The Morgan fingerprint density at radius 1 is 1.17 bits per heavy atom. The van der Waals surface area contributed by atoms with Crippen LogP contribution in [0.4, 0.5) is 4.39 Å². The third kappa shape index (κ3) is 3.66. The molecule has 2 aromatic carbocycles. The highest BCUT2D eigenvalue weighted by atomic mass is 35.5. The van der Waals surface area contributed by atoms with Crippen LogP contribution in [0.25, 0.3) is 11.1 Å². The summed E-state index contributed by atoms with van der Waals surface area (Å²) in [6.07, 6.45) is -1.01. The van der Waals surface area contributed by atoms with Gasteiger partial charge in [0.2, 0.25) is 0 Å². The highest BCUT2D eigenvalue weighted by Crippen LogP contribution is 2.40. The van der Waals surface area contributed by atoms with E-state index in [1.54, 1.807) is 38.1 Å². The molecule has 0 saturated carbocycles. The quantitative estimate of drug-likeness (QED) is 0.858. The van der Waals surface area contributed by atoms with E-state index in [4.69, 9.17) is 16.3 Å². The molecular weight excluding hydrogens is 319 g/mol. The zero-order chi connectivity index (χ0) is 17.2. The Morgan fingerprint density at radius 3 is 2.48 bits per heavy atom. The second-order valence-electron chi connectivity index (χ2n) is 6.13. The maximum atomic E-state index is 14.3. The van der Waals surface area contributed by atoms with Crippen LogP contribution in [0.3, 0.4) is 0 Å². The molecule has 0 bridgehead atoms. The predicted molar refractivity (Wildman–Crippen MR) is 89.2 cm³/mol. The van der Waals surface area contributed by atoms with Gasteiger partial charge in [-0.05, 0) is 41.5 Å². The Balaban J connectivity index is 2.65. The molecule has 3 nitrogen and oxygen atoms in total. The molecule has 0 radical (unpaired) electrons. The number of methoxy groups -OCH3 is 1. The molecule has 0 amide bonds. The van der Waals surface area contributed by atoms with Gasteiger partial charge in [0.05, 0.1) is 19.8 Å². The summed E-state index contributed by atoms with van der Waals surface area (Å²) in [6, 6.07) is 9.31. The van der Waals surface area contributed by atoms with E-state index in [0.717, 1.165) is 0 Å². The lowest BCUT2D eigenvalue weighted by atomic mass is 9.81. The topological polar surface area (TPSA) is 49.7 Å². The first-order chi connectivity index (χ1) is 10.8. The van der Waals surface area contributed by atoms with Gasteiger partial charge < -0.3 is 14.9 Å². The van der Waals surface area contributed by atoms with Crippen LogP contribution < -0.4 is 4.74 Å². The van der Waals surface area contributed by atoms with Crippen molar-refractivity contribution >= 4 is 11.6 Å². The number of ether oxygens (including phenoxy) is 1. The van der Waals surface area contributed by atoms with E-state index >= 15 is 0 Å². The monoisotopic (exact) mass is 338 g/mol. The predicted octanol–water partition coefficient (Wildman–Crippen LogP) is 4.21.